The fraction of sp³-hybridized carbons (Fsp3) is 0.316. The summed E-state index contributed by atoms with van der Waals surface area (Å²) in [6.07, 6.45) is 0.358. The van der Waals surface area contributed by atoms with E-state index in [1.165, 1.54) is 11.3 Å². The SMILES string of the molecule is N#Cc1ccc(NC(=O)CCN2CCN(C(=O)c3cccs3)CC2)cc1Cl. The number of amides is 2. The van der Waals surface area contributed by atoms with E-state index in [1.807, 2.05) is 28.5 Å². The zero-order valence-electron chi connectivity index (χ0n) is 14.7. The van der Waals surface area contributed by atoms with E-state index >= 15 is 0 Å². The van der Waals surface area contributed by atoms with Crippen LogP contribution in [0.2, 0.25) is 5.02 Å². The summed E-state index contributed by atoms with van der Waals surface area (Å²) in [6, 6.07) is 10.5. The third-order valence-electron chi connectivity index (χ3n) is 4.42. The molecule has 1 N–H and O–H groups in total. The maximum absolute atomic E-state index is 12.3. The Balaban J connectivity index is 1.42. The van der Waals surface area contributed by atoms with Gasteiger partial charge in [-0.05, 0) is 29.6 Å². The summed E-state index contributed by atoms with van der Waals surface area (Å²) >= 11 is 7.43. The van der Waals surface area contributed by atoms with Crippen LogP contribution < -0.4 is 5.32 Å². The van der Waals surface area contributed by atoms with Gasteiger partial charge in [0.05, 0.1) is 15.5 Å². The van der Waals surface area contributed by atoms with E-state index in [-0.39, 0.29) is 11.8 Å². The minimum absolute atomic E-state index is 0.0834. The van der Waals surface area contributed by atoms with Crippen LogP contribution in [-0.2, 0) is 4.79 Å². The number of nitriles is 1. The first-order valence-electron chi connectivity index (χ1n) is 8.61. The number of halogens is 1. The number of nitrogens with one attached hydrogen (secondary N) is 1. The van der Waals surface area contributed by atoms with Crippen molar-refractivity contribution in [3.63, 3.8) is 0 Å². The monoisotopic (exact) mass is 402 g/mol. The van der Waals surface area contributed by atoms with E-state index in [9.17, 15) is 9.59 Å². The minimum Gasteiger partial charge on any atom is -0.335 e. The van der Waals surface area contributed by atoms with Gasteiger partial charge in [0.15, 0.2) is 0 Å². The van der Waals surface area contributed by atoms with Gasteiger partial charge < -0.3 is 10.2 Å². The normalized spacial score (nSPS) is 14.6. The molecule has 1 aromatic carbocycles. The molecule has 0 bridgehead atoms. The molecule has 3 rings (SSSR count). The molecule has 6 nitrogen and oxygen atoms in total. The fourth-order valence-corrected chi connectivity index (χ4v) is 3.81. The molecule has 2 amide bonds. The second kappa shape index (κ2) is 9.00. The van der Waals surface area contributed by atoms with Crippen molar-refractivity contribution < 1.29 is 9.59 Å². The van der Waals surface area contributed by atoms with Gasteiger partial charge in [0.1, 0.15) is 6.07 Å². The van der Waals surface area contributed by atoms with Crippen molar-refractivity contribution in [1.82, 2.24) is 9.80 Å². The van der Waals surface area contributed by atoms with E-state index < -0.39 is 0 Å². The van der Waals surface area contributed by atoms with Crippen LogP contribution in [0.1, 0.15) is 21.7 Å². The number of nitrogens with zero attached hydrogens (tertiary/aromatic N) is 3. The van der Waals surface area contributed by atoms with E-state index in [0.29, 0.717) is 42.3 Å². The van der Waals surface area contributed by atoms with Crippen molar-refractivity contribution in [1.29, 1.82) is 5.26 Å². The molecule has 1 aliphatic heterocycles. The lowest BCUT2D eigenvalue weighted by Crippen LogP contribution is -2.49. The summed E-state index contributed by atoms with van der Waals surface area (Å²) in [5, 5.41) is 13.9. The van der Waals surface area contributed by atoms with Crippen LogP contribution in [0.15, 0.2) is 35.7 Å². The van der Waals surface area contributed by atoms with Gasteiger partial charge >= 0.3 is 0 Å². The first kappa shape index (κ1) is 19.4. The quantitative estimate of drug-likeness (QED) is 0.833. The van der Waals surface area contributed by atoms with Crippen LogP contribution in [0.25, 0.3) is 0 Å². The number of piperazine rings is 1. The van der Waals surface area contributed by atoms with Crippen LogP contribution in [0.4, 0.5) is 5.69 Å². The lowest BCUT2D eigenvalue weighted by molar-refractivity contribution is -0.116. The van der Waals surface area contributed by atoms with Crippen LogP contribution in [-0.4, -0.2) is 54.3 Å². The Morgan fingerprint density at radius 1 is 1.22 bits per heavy atom. The Kier molecular flexibility index (Phi) is 6.45. The number of carbonyl (C=O) groups excluding carboxylic acids is 2. The molecule has 27 heavy (non-hydrogen) atoms. The van der Waals surface area contributed by atoms with Gasteiger partial charge in [0.2, 0.25) is 5.91 Å². The average molecular weight is 403 g/mol. The van der Waals surface area contributed by atoms with E-state index in [2.05, 4.69) is 10.2 Å². The first-order valence-corrected chi connectivity index (χ1v) is 9.87. The number of carbonyl (C=O) groups is 2. The van der Waals surface area contributed by atoms with Crippen LogP contribution in [0, 0.1) is 11.3 Å². The summed E-state index contributed by atoms with van der Waals surface area (Å²) in [7, 11) is 0. The number of rotatable bonds is 5. The van der Waals surface area contributed by atoms with Gasteiger partial charge in [-0.25, -0.2) is 0 Å². The van der Waals surface area contributed by atoms with Gasteiger partial charge in [-0.2, -0.15) is 5.26 Å². The molecule has 1 saturated heterocycles. The maximum atomic E-state index is 12.3. The first-order chi connectivity index (χ1) is 13.1. The van der Waals surface area contributed by atoms with Gasteiger partial charge in [-0.3, -0.25) is 14.5 Å². The zero-order chi connectivity index (χ0) is 19.2. The van der Waals surface area contributed by atoms with Crippen LogP contribution in [0.3, 0.4) is 0 Å². The van der Waals surface area contributed by atoms with Crippen molar-refractivity contribution in [3.8, 4) is 6.07 Å². The molecule has 1 fully saturated rings. The summed E-state index contributed by atoms with van der Waals surface area (Å²) in [5.74, 6) is -0.0204. The third-order valence-corrected chi connectivity index (χ3v) is 5.59. The Morgan fingerprint density at radius 2 is 2.00 bits per heavy atom. The second-order valence-corrected chi connectivity index (χ2v) is 7.57. The van der Waals surface area contributed by atoms with Crippen molar-refractivity contribution in [2.75, 3.05) is 38.0 Å². The fourth-order valence-electron chi connectivity index (χ4n) is 2.90. The van der Waals surface area contributed by atoms with Crippen LogP contribution >= 0.6 is 22.9 Å². The summed E-state index contributed by atoms with van der Waals surface area (Å²) in [6.45, 7) is 3.49. The van der Waals surface area contributed by atoms with Crippen molar-refractivity contribution in [2.45, 2.75) is 6.42 Å². The molecular formula is C19H19ClN4O2S. The Hall–Kier alpha value is -2.40. The molecular weight excluding hydrogens is 384 g/mol. The molecule has 0 saturated carbocycles. The lowest BCUT2D eigenvalue weighted by Gasteiger charge is -2.34. The standard InChI is InChI=1S/C19H19ClN4O2S/c20-16-12-15(4-3-14(16)13-21)22-18(25)5-6-23-7-9-24(10-8-23)19(26)17-2-1-11-27-17/h1-4,11-12H,5-10H2,(H,22,25). The molecule has 2 aromatic rings. The molecule has 0 atom stereocenters. The second-order valence-electron chi connectivity index (χ2n) is 6.22. The van der Waals surface area contributed by atoms with E-state index in [4.69, 9.17) is 16.9 Å². The van der Waals surface area contributed by atoms with Gasteiger partial charge in [0, 0.05) is 44.8 Å². The summed E-state index contributed by atoms with van der Waals surface area (Å²) in [4.78, 5) is 29.3. The molecule has 0 unspecified atom stereocenters. The Morgan fingerprint density at radius 3 is 2.63 bits per heavy atom. The van der Waals surface area contributed by atoms with Crippen molar-refractivity contribution in [3.05, 3.63) is 51.2 Å². The third kappa shape index (κ3) is 5.07. The number of anilines is 1. The number of benzene rings is 1. The maximum Gasteiger partial charge on any atom is 0.264 e. The van der Waals surface area contributed by atoms with Gasteiger partial charge in [-0.1, -0.05) is 17.7 Å². The number of thiophene rings is 1. The highest BCUT2D eigenvalue weighted by molar-refractivity contribution is 7.12. The summed E-state index contributed by atoms with van der Waals surface area (Å²) in [5.41, 5.74) is 0.958. The molecule has 0 spiro atoms. The smallest absolute Gasteiger partial charge is 0.264 e. The zero-order valence-corrected chi connectivity index (χ0v) is 16.2. The predicted molar refractivity (Wildman–Crippen MR) is 106 cm³/mol. The van der Waals surface area contributed by atoms with Crippen molar-refractivity contribution in [2.24, 2.45) is 0 Å². The minimum atomic E-state index is -0.104. The van der Waals surface area contributed by atoms with Gasteiger partial charge in [-0.15, -0.1) is 11.3 Å². The Labute approximate surface area is 166 Å². The Bertz CT molecular complexity index is 855. The molecule has 0 radical (unpaired) electrons. The molecule has 140 valence electrons. The van der Waals surface area contributed by atoms with E-state index in [0.717, 1.165) is 18.0 Å². The highest BCUT2D eigenvalue weighted by Gasteiger charge is 2.22. The van der Waals surface area contributed by atoms with Crippen LogP contribution in [0.5, 0.6) is 0 Å². The number of hydrogen-bond donors (Lipinski definition) is 1. The van der Waals surface area contributed by atoms with E-state index in [1.54, 1.807) is 18.2 Å². The molecule has 1 aliphatic rings. The summed E-state index contributed by atoms with van der Waals surface area (Å²) < 4.78 is 0. The number of hydrogen-bond acceptors (Lipinski definition) is 5. The highest BCUT2D eigenvalue weighted by Crippen LogP contribution is 2.20. The highest BCUT2D eigenvalue weighted by atomic mass is 35.5. The molecule has 0 aliphatic carbocycles. The van der Waals surface area contributed by atoms with Crippen molar-refractivity contribution >= 4 is 40.4 Å². The topological polar surface area (TPSA) is 76.4 Å². The molecule has 2 heterocycles. The predicted octanol–water partition coefficient (Wildman–Crippen LogP) is 3.06. The average Bonchev–Trinajstić information content (AvgIpc) is 3.21. The largest absolute Gasteiger partial charge is 0.335 e. The van der Waals surface area contributed by atoms with Gasteiger partial charge in [0.25, 0.3) is 5.91 Å². The lowest BCUT2D eigenvalue weighted by atomic mass is 10.2. The molecule has 8 heteroatoms. The molecule has 1 aromatic heterocycles.